The minimum absolute atomic E-state index is 0.776. The first-order valence-electron chi connectivity index (χ1n) is 6.55. The molecule has 2 nitrogen and oxygen atoms in total. The van der Waals surface area contributed by atoms with Crippen LogP contribution in [0.5, 0.6) is 0 Å². The van der Waals surface area contributed by atoms with E-state index in [4.69, 9.17) is 0 Å². The molecule has 98 valence electrons. The lowest BCUT2D eigenvalue weighted by Gasteiger charge is -2.15. The number of nitrogens with one attached hydrogen (secondary N) is 1. The number of hydrogen-bond acceptors (Lipinski definition) is 3. The molecule has 0 amide bonds. The van der Waals surface area contributed by atoms with Gasteiger partial charge >= 0.3 is 0 Å². The summed E-state index contributed by atoms with van der Waals surface area (Å²) >= 11 is 1.93. The molecule has 0 aromatic carbocycles. The highest BCUT2D eigenvalue weighted by Gasteiger charge is 1.97. The second-order valence-corrected chi connectivity index (χ2v) is 5.94. The Kier molecular flexibility index (Phi) is 11.9. The second-order valence-electron chi connectivity index (χ2n) is 4.95. The Morgan fingerprint density at radius 2 is 1.88 bits per heavy atom. The van der Waals surface area contributed by atoms with Crippen molar-refractivity contribution in [1.82, 2.24) is 10.2 Å². The molecule has 16 heavy (non-hydrogen) atoms. The van der Waals surface area contributed by atoms with Gasteiger partial charge in [-0.2, -0.15) is 11.8 Å². The van der Waals surface area contributed by atoms with Crippen LogP contribution in [0.25, 0.3) is 0 Å². The van der Waals surface area contributed by atoms with E-state index in [1.807, 2.05) is 11.8 Å². The fourth-order valence-corrected chi connectivity index (χ4v) is 2.05. The molecule has 0 aromatic rings. The third kappa shape index (κ3) is 12.3. The first-order valence-corrected chi connectivity index (χ1v) is 7.94. The first-order chi connectivity index (χ1) is 7.66. The zero-order valence-electron chi connectivity index (χ0n) is 11.6. The minimum Gasteiger partial charge on any atom is -0.316 e. The fourth-order valence-electron chi connectivity index (χ4n) is 1.56. The highest BCUT2D eigenvalue weighted by molar-refractivity contribution is 7.98. The average molecular weight is 246 g/mol. The summed E-state index contributed by atoms with van der Waals surface area (Å²) in [4.78, 5) is 2.44. The smallest absolute Gasteiger partial charge is 0.00692 e. The van der Waals surface area contributed by atoms with Gasteiger partial charge in [-0.1, -0.05) is 20.3 Å². The van der Waals surface area contributed by atoms with Crippen LogP contribution < -0.4 is 5.32 Å². The Labute approximate surface area is 107 Å². The molecule has 0 fully saturated rings. The van der Waals surface area contributed by atoms with Crippen molar-refractivity contribution >= 4 is 11.8 Å². The third-order valence-electron chi connectivity index (χ3n) is 2.62. The molecule has 0 saturated carbocycles. The summed E-state index contributed by atoms with van der Waals surface area (Å²) in [5.74, 6) is 2.03. The number of rotatable bonds is 11. The van der Waals surface area contributed by atoms with Gasteiger partial charge in [0.15, 0.2) is 0 Å². The van der Waals surface area contributed by atoms with Gasteiger partial charge in [-0.3, -0.25) is 0 Å². The van der Waals surface area contributed by atoms with Crippen molar-refractivity contribution in [3.8, 4) is 0 Å². The molecule has 3 heteroatoms. The van der Waals surface area contributed by atoms with Crippen molar-refractivity contribution in [2.24, 2.45) is 5.92 Å². The van der Waals surface area contributed by atoms with Gasteiger partial charge in [0.25, 0.3) is 0 Å². The van der Waals surface area contributed by atoms with Gasteiger partial charge in [-0.05, 0) is 51.7 Å². The predicted octanol–water partition coefficient (Wildman–Crippen LogP) is 2.70. The summed E-state index contributed by atoms with van der Waals surface area (Å²) in [6.45, 7) is 9.35. The molecule has 0 radical (unpaired) electrons. The summed E-state index contributed by atoms with van der Waals surface area (Å²) in [5, 5.41) is 3.49. The largest absolute Gasteiger partial charge is 0.316 e. The Morgan fingerprint density at radius 1 is 1.12 bits per heavy atom. The maximum absolute atomic E-state index is 3.49. The predicted molar refractivity (Wildman–Crippen MR) is 77.4 cm³/mol. The standard InChI is InChI=1S/C13H30N2S/c1-13(2)12-14-8-6-5-7-9-15(3)10-11-16-4/h13-14H,5-12H2,1-4H3. The maximum atomic E-state index is 3.49. The number of thioether (sulfide) groups is 1. The number of unbranched alkanes of at least 4 members (excludes halogenated alkanes) is 2. The lowest BCUT2D eigenvalue weighted by molar-refractivity contribution is 0.343. The van der Waals surface area contributed by atoms with Crippen LogP contribution in [-0.4, -0.2) is 50.1 Å². The van der Waals surface area contributed by atoms with Gasteiger partial charge in [0.2, 0.25) is 0 Å². The lowest BCUT2D eigenvalue weighted by atomic mass is 10.2. The Balaban J connectivity index is 3.08. The molecule has 0 aliphatic carbocycles. The van der Waals surface area contributed by atoms with Crippen LogP contribution in [0, 0.1) is 5.92 Å². The van der Waals surface area contributed by atoms with E-state index < -0.39 is 0 Å². The Hall–Kier alpha value is 0.270. The molecule has 0 atom stereocenters. The van der Waals surface area contributed by atoms with Crippen molar-refractivity contribution in [2.75, 3.05) is 45.2 Å². The maximum Gasteiger partial charge on any atom is 0.00692 e. The van der Waals surface area contributed by atoms with E-state index in [1.165, 1.54) is 44.6 Å². The van der Waals surface area contributed by atoms with Crippen molar-refractivity contribution in [3.63, 3.8) is 0 Å². The van der Waals surface area contributed by atoms with Crippen LogP contribution in [0.4, 0.5) is 0 Å². The van der Waals surface area contributed by atoms with Crippen LogP contribution in [0.2, 0.25) is 0 Å². The summed E-state index contributed by atoms with van der Waals surface area (Å²) in [5.41, 5.74) is 0. The number of nitrogens with zero attached hydrogens (tertiary/aromatic N) is 1. The lowest BCUT2D eigenvalue weighted by Crippen LogP contribution is -2.23. The Morgan fingerprint density at radius 3 is 2.50 bits per heavy atom. The summed E-state index contributed by atoms with van der Waals surface area (Å²) in [7, 11) is 2.23. The van der Waals surface area contributed by atoms with Crippen LogP contribution >= 0.6 is 11.8 Å². The topological polar surface area (TPSA) is 15.3 Å². The third-order valence-corrected chi connectivity index (χ3v) is 3.21. The van der Waals surface area contributed by atoms with Gasteiger partial charge in [-0.25, -0.2) is 0 Å². The van der Waals surface area contributed by atoms with Crippen molar-refractivity contribution in [3.05, 3.63) is 0 Å². The van der Waals surface area contributed by atoms with Gasteiger partial charge in [-0.15, -0.1) is 0 Å². The summed E-state index contributed by atoms with van der Waals surface area (Å²) in [6.07, 6.45) is 6.19. The molecule has 0 aliphatic heterocycles. The summed E-state index contributed by atoms with van der Waals surface area (Å²) < 4.78 is 0. The van der Waals surface area contributed by atoms with E-state index in [-0.39, 0.29) is 0 Å². The van der Waals surface area contributed by atoms with Gasteiger partial charge in [0.1, 0.15) is 0 Å². The van der Waals surface area contributed by atoms with Crippen LogP contribution in [-0.2, 0) is 0 Å². The SMILES string of the molecule is CSCCN(C)CCCCCNCC(C)C. The van der Waals surface area contributed by atoms with Crippen molar-refractivity contribution in [1.29, 1.82) is 0 Å². The van der Waals surface area contributed by atoms with E-state index >= 15 is 0 Å². The van der Waals surface area contributed by atoms with Gasteiger partial charge < -0.3 is 10.2 Å². The van der Waals surface area contributed by atoms with Crippen LogP contribution in [0.1, 0.15) is 33.1 Å². The average Bonchev–Trinajstić information content (AvgIpc) is 2.24. The van der Waals surface area contributed by atoms with Crippen molar-refractivity contribution < 1.29 is 0 Å². The van der Waals surface area contributed by atoms with Gasteiger partial charge in [0, 0.05) is 12.3 Å². The molecule has 0 aliphatic rings. The fraction of sp³-hybridized carbons (Fsp3) is 1.00. The molecular weight excluding hydrogens is 216 g/mol. The van der Waals surface area contributed by atoms with E-state index in [1.54, 1.807) is 0 Å². The summed E-state index contributed by atoms with van der Waals surface area (Å²) in [6, 6.07) is 0. The van der Waals surface area contributed by atoms with E-state index in [0.717, 1.165) is 12.5 Å². The minimum atomic E-state index is 0.776. The zero-order chi connectivity index (χ0) is 12.2. The zero-order valence-corrected chi connectivity index (χ0v) is 12.4. The van der Waals surface area contributed by atoms with E-state index in [2.05, 4.69) is 37.4 Å². The molecule has 0 bridgehead atoms. The second kappa shape index (κ2) is 11.7. The Bertz CT molecular complexity index is 140. The quantitative estimate of drug-likeness (QED) is 0.564. The van der Waals surface area contributed by atoms with Crippen LogP contribution in [0.3, 0.4) is 0 Å². The normalized spacial score (nSPS) is 11.6. The van der Waals surface area contributed by atoms with Crippen LogP contribution in [0.15, 0.2) is 0 Å². The highest BCUT2D eigenvalue weighted by atomic mass is 32.2. The first kappa shape index (κ1) is 16.3. The monoisotopic (exact) mass is 246 g/mol. The van der Waals surface area contributed by atoms with E-state index in [9.17, 15) is 0 Å². The molecule has 1 N–H and O–H groups in total. The number of hydrogen-bond donors (Lipinski definition) is 1. The van der Waals surface area contributed by atoms with E-state index in [0.29, 0.717) is 0 Å². The molecule has 0 heterocycles. The molecule has 0 rings (SSSR count). The molecule has 0 unspecified atom stereocenters. The molecule has 0 aromatic heterocycles. The molecular formula is C13H30N2S. The van der Waals surface area contributed by atoms with Gasteiger partial charge in [0.05, 0.1) is 0 Å². The highest BCUT2D eigenvalue weighted by Crippen LogP contribution is 1.99. The molecule has 0 saturated heterocycles. The molecule has 0 spiro atoms. The van der Waals surface area contributed by atoms with Crippen molar-refractivity contribution in [2.45, 2.75) is 33.1 Å².